The second-order valence-corrected chi connectivity index (χ2v) is 9.05. The molecule has 0 unspecified atom stereocenters. The third kappa shape index (κ3) is 4.54. The van der Waals surface area contributed by atoms with Gasteiger partial charge in [-0.2, -0.15) is 5.10 Å². The molecule has 1 saturated heterocycles. The average molecular weight is 509 g/mol. The zero-order valence-corrected chi connectivity index (χ0v) is 20.2. The molecule has 1 amide bonds. The first-order chi connectivity index (χ1) is 16.9. The molecule has 4 aromatic rings. The van der Waals surface area contributed by atoms with E-state index in [2.05, 4.69) is 16.5 Å². The van der Waals surface area contributed by atoms with Gasteiger partial charge in [0.1, 0.15) is 29.3 Å². The van der Waals surface area contributed by atoms with Gasteiger partial charge in [-0.25, -0.2) is 14.6 Å². The Morgan fingerprint density at radius 2 is 1.89 bits per heavy atom. The van der Waals surface area contributed by atoms with Crippen LogP contribution >= 0.6 is 23.2 Å². The molecule has 8 nitrogen and oxygen atoms in total. The first kappa shape index (κ1) is 23.1. The maximum atomic E-state index is 12.2. The number of nitrogen functional groups attached to an aromatic ring is 1. The third-order valence-corrected chi connectivity index (χ3v) is 6.74. The summed E-state index contributed by atoms with van der Waals surface area (Å²) in [5.41, 5.74) is 8.41. The van der Waals surface area contributed by atoms with Crippen molar-refractivity contribution in [1.29, 1.82) is 0 Å². The molecule has 178 valence electrons. The number of likely N-dealkylation sites (tertiary alicyclic amines) is 1. The van der Waals surface area contributed by atoms with Crippen molar-refractivity contribution in [3.63, 3.8) is 0 Å². The van der Waals surface area contributed by atoms with Crippen LogP contribution in [0.4, 0.5) is 5.82 Å². The predicted molar refractivity (Wildman–Crippen MR) is 137 cm³/mol. The molecular weight excluding hydrogens is 487 g/mol. The quantitative estimate of drug-likeness (QED) is 0.356. The topological polar surface area (TPSA) is 99.2 Å². The number of benzene rings is 2. The zero-order chi connectivity index (χ0) is 24.5. The smallest absolute Gasteiger partial charge is 0.246 e. The van der Waals surface area contributed by atoms with Gasteiger partial charge in [-0.3, -0.25) is 4.79 Å². The van der Waals surface area contributed by atoms with Crippen LogP contribution in [0.15, 0.2) is 61.4 Å². The predicted octanol–water partition coefficient (Wildman–Crippen LogP) is 5.52. The highest BCUT2D eigenvalue weighted by Crippen LogP contribution is 2.35. The van der Waals surface area contributed by atoms with Crippen LogP contribution in [0.25, 0.3) is 22.3 Å². The molecule has 0 aliphatic carbocycles. The monoisotopic (exact) mass is 508 g/mol. The highest BCUT2D eigenvalue weighted by Gasteiger charge is 2.28. The molecule has 0 bridgehead atoms. The number of fused-ring (bicyclic) bond motifs is 1. The molecule has 35 heavy (non-hydrogen) atoms. The van der Waals surface area contributed by atoms with E-state index < -0.39 is 0 Å². The Morgan fingerprint density at radius 1 is 1.11 bits per heavy atom. The highest BCUT2D eigenvalue weighted by atomic mass is 35.5. The third-order valence-electron chi connectivity index (χ3n) is 6.00. The van der Waals surface area contributed by atoms with Crippen LogP contribution < -0.4 is 10.5 Å². The Kier molecular flexibility index (Phi) is 6.32. The average Bonchev–Trinajstić information content (AvgIpc) is 3.27. The summed E-state index contributed by atoms with van der Waals surface area (Å²) < 4.78 is 7.76. The molecule has 0 spiro atoms. The highest BCUT2D eigenvalue weighted by molar-refractivity contribution is 6.42. The lowest BCUT2D eigenvalue weighted by Gasteiger charge is -2.32. The number of hydrogen-bond donors (Lipinski definition) is 1. The number of anilines is 1. The van der Waals surface area contributed by atoms with Gasteiger partial charge in [0.05, 0.1) is 21.5 Å². The summed E-state index contributed by atoms with van der Waals surface area (Å²) in [6.07, 6.45) is 4.51. The number of ether oxygens (including phenoxy) is 1. The Hall–Kier alpha value is -3.62. The van der Waals surface area contributed by atoms with Crippen molar-refractivity contribution >= 4 is 46.0 Å². The van der Waals surface area contributed by atoms with E-state index in [4.69, 9.17) is 38.8 Å². The van der Waals surface area contributed by atoms with E-state index in [-0.39, 0.29) is 11.9 Å². The number of piperidine rings is 1. The molecule has 2 aromatic heterocycles. The minimum Gasteiger partial charge on any atom is -0.457 e. The molecule has 0 radical (unpaired) electrons. The summed E-state index contributed by atoms with van der Waals surface area (Å²) in [5.74, 6) is 1.47. The fourth-order valence-electron chi connectivity index (χ4n) is 4.29. The Morgan fingerprint density at radius 3 is 2.63 bits per heavy atom. The number of amides is 1. The largest absolute Gasteiger partial charge is 0.457 e. The van der Waals surface area contributed by atoms with Gasteiger partial charge < -0.3 is 15.4 Å². The normalized spacial score (nSPS) is 15.8. The van der Waals surface area contributed by atoms with Gasteiger partial charge >= 0.3 is 0 Å². The van der Waals surface area contributed by atoms with Gasteiger partial charge in [0.25, 0.3) is 0 Å². The Bertz CT molecular complexity index is 1420. The molecule has 2 aromatic carbocycles. The fraction of sp³-hybridized carbons (Fsp3) is 0.200. The lowest BCUT2D eigenvalue weighted by molar-refractivity contribution is -0.127. The number of rotatable bonds is 5. The fourth-order valence-corrected chi connectivity index (χ4v) is 4.58. The van der Waals surface area contributed by atoms with Gasteiger partial charge in [-0.15, -0.1) is 0 Å². The molecule has 10 heteroatoms. The van der Waals surface area contributed by atoms with Crippen LogP contribution in [-0.4, -0.2) is 43.6 Å². The maximum Gasteiger partial charge on any atom is 0.246 e. The molecule has 1 fully saturated rings. The minimum atomic E-state index is -0.0851. The number of nitrogens with two attached hydrogens (primary N) is 1. The molecule has 0 saturated carbocycles. The van der Waals surface area contributed by atoms with Crippen LogP contribution in [0.3, 0.4) is 0 Å². The van der Waals surface area contributed by atoms with Crippen molar-refractivity contribution in [2.75, 3.05) is 18.8 Å². The number of aromatic nitrogens is 4. The second-order valence-electron chi connectivity index (χ2n) is 8.24. The number of nitrogens with zero attached hydrogens (tertiary/aromatic N) is 5. The van der Waals surface area contributed by atoms with Crippen molar-refractivity contribution in [3.8, 4) is 22.8 Å². The minimum absolute atomic E-state index is 0.0320. The number of carbonyl (C=O) groups is 1. The van der Waals surface area contributed by atoms with Gasteiger partial charge in [0, 0.05) is 24.7 Å². The molecule has 5 rings (SSSR count). The zero-order valence-electron chi connectivity index (χ0n) is 18.7. The van der Waals surface area contributed by atoms with Crippen molar-refractivity contribution in [3.05, 3.63) is 71.5 Å². The molecule has 2 N–H and O–H groups in total. The number of carbonyl (C=O) groups excluding carboxylic acids is 1. The van der Waals surface area contributed by atoms with Crippen molar-refractivity contribution in [2.24, 2.45) is 0 Å². The van der Waals surface area contributed by atoms with Crippen molar-refractivity contribution in [2.45, 2.75) is 18.9 Å². The van der Waals surface area contributed by atoms with Crippen molar-refractivity contribution in [1.82, 2.24) is 24.6 Å². The summed E-state index contributed by atoms with van der Waals surface area (Å²) >= 11 is 12.1. The molecule has 3 heterocycles. The van der Waals surface area contributed by atoms with Gasteiger partial charge in [0.15, 0.2) is 5.65 Å². The molecular formula is C25H22Cl2N6O2. The Balaban J connectivity index is 1.48. The molecule has 1 aliphatic heterocycles. The standard InChI is InChI=1S/C25H22Cl2N6O2/c1-2-21(34)32-11-3-4-16(13-32)33-25-22(24(28)29-14-30-25)23(31-33)15-5-7-17(8-6-15)35-18-9-10-19(26)20(27)12-18/h2,5-10,12,14,16H,1,3-4,11,13H2,(H2,28,29,30)/t16-/m0/s1. The van der Waals surface area contributed by atoms with E-state index in [9.17, 15) is 4.79 Å². The maximum absolute atomic E-state index is 12.2. The summed E-state index contributed by atoms with van der Waals surface area (Å²) in [6.45, 7) is 4.84. The van der Waals surface area contributed by atoms with E-state index in [1.165, 1.54) is 12.4 Å². The van der Waals surface area contributed by atoms with Gasteiger partial charge in [-0.05, 0) is 55.3 Å². The summed E-state index contributed by atoms with van der Waals surface area (Å²) in [7, 11) is 0. The Labute approximate surface area is 211 Å². The van der Waals surface area contributed by atoms with Gasteiger partial charge in [0.2, 0.25) is 5.91 Å². The van der Waals surface area contributed by atoms with Crippen LogP contribution in [0.5, 0.6) is 11.5 Å². The van der Waals surface area contributed by atoms with Gasteiger partial charge in [-0.1, -0.05) is 29.8 Å². The van der Waals surface area contributed by atoms with Crippen LogP contribution in [0.2, 0.25) is 10.0 Å². The van der Waals surface area contributed by atoms with Crippen LogP contribution in [-0.2, 0) is 4.79 Å². The van der Waals surface area contributed by atoms with E-state index in [0.29, 0.717) is 57.2 Å². The summed E-state index contributed by atoms with van der Waals surface area (Å²) in [4.78, 5) is 22.6. The second kappa shape index (κ2) is 9.56. The first-order valence-corrected chi connectivity index (χ1v) is 11.8. The molecule has 1 atom stereocenters. The van der Waals surface area contributed by atoms with E-state index >= 15 is 0 Å². The van der Waals surface area contributed by atoms with E-state index in [1.54, 1.807) is 23.1 Å². The van der Waals surface area contributed by atoms with Crippen LogP contribution in [0.1, 0.15) is 18.9 Å². The van der Waals surface area contributed by atoms with E-state index in [0.717, 1.165) is 18.4 Å². The van der Waals surface area contributed by atoms with Crippen molar-refractivity contribution < 1.29 is 9.53 Å². The molecule has 1 aliphatic rings. The lowest BCUT2D eigenvalue weighted by Crippen LogP contribution is -2.40. The van der Waals surface area contributed by atoms with E-state index in [1.807, 2.05) is 28.9 Å². The number of halogens is 2. The van der Waals surface area contributed by atoms with Crippen LogP contribution in [0, 0.1) is 0 Å². The lowest BCUT2D eigenvalue weighted by atomic mass is 10.1. The number of hydrogen-bond acceptors (Lipinski definition) is 6. The summed E-state index contributed by atoms with van der Waals surface area (Å²) in [5, 5.41) is 6.46. The summed E-state index contributed by atoms with van der Waals surface area (Å²) in [6, 6.07) is 12.6. The first-order valence-electron chi connectivity index (χ1n) is 11.1. The SMILES string of the molecule is C=CC(=O)N1CCC[C@H](n2nc(-c3ccc(Oc4ccc(Cl)c(Cl)c4)cc3)c3c(N)ncnc32)C1.